The maximum absolute atomic E-state index is 13.5. The van der Waals surface area contributed by atoms with Crippen LogP contribution in [0.25, 0.3) is 0 Å². The van der Waals surface area contributed by atoms with Crippen molar-refractivity contribution in [3.05, 3.63) is 29.6 Å². The minimum absolute atomic E-state index is 0.00519. The van der Waals surface area contributed by atoms with Crippen LogP contribution in [0.4, 0.5) is 4.39 Å². The SMILES string of the molecule is COCC(C)CNS(=O)(=O)c1cccc(F)c1CN. The molecule has 19 heavy (non-hydrogen) atoms. The molecule has 1 aromatic carbocycles. The molecule has 1 atom stereocenters. The summed E-state index contributed by atoms with van der Waals surface area (Å²) in [6, 6.07) is 3.88. The average molecular weight is 290 g/mol. The van der Waals surface area contributed by atoms with Crippen LogP contribution in [0.1, 0.15) is 12.5 Å². The quantitative estimate of drug-likeness (QED) is 0.780. The molecular formula is C12H19FN2O3S. The highest BCUT2D eigenvalue weighted by molar-refractivity contribution is 7.89. The van der Waals surface area contributed by atoms with Crippen molar-refractivity contribution in [3.63, 3.8) is 0 Å². The summed E-state index contributed by atoms with van der Waals surface area (Å²) in [6.45, 7) is 2.34. The predicted octanol–water partition coefficient (Wildman–Crippen LogP) is 0.845. The number of nitrogens with two attached hydrogens (primary N) is 1. The zero-order chi connectivity index (χ0) is 14.5. The highest BCUT2D eigenvalue weighted by Crippen LogP contribution is 2.18. The van der Waals surface area contributed by atoms with E-state index in [-0.39, 0.29) is 29.5 Å². The lowest BCUT2D eigenvalue weighted by Gasteiger charge is -2.14. The summed E-state index contributed by atoms with van der Waals surface area (Å²) in [6.07, 6.45) is 0. The molecule has 5 nitrogen and oxygen atoms in total. The first-order valence-electron chi connectivity index (χ1n) is 5.88. The number of ether oxygens (including phenoxy) is 1. The van der Waals surface area contributed by atoms with Crippen LogP contribution in [0.2, 0.25) is 0 Å². The number of hydrogen-bond acceptors (Lipinski definition) is 4. The Morgan fingerprint density at radius 1 is 1.47 bits per heavy atom. The highest BCUT2D eigenvalue weighted by atomic mass is 32.2. The van der Waals surface area contributed by atoms with Crippen molar-refractivity contribution in [1.29, 1.82) is 0 Å². The summed E-state index contributed by atoms with van der Waals surface area (Å²) >= 11 is 0. The number of benzene rings is 1. The zero-order valence-electron chi connectivity index (χ0n) is 11.0. The van der Waals surface area contributed by atoms with Gasteiger partial charge in [0.2, 0.25) is 10.0 Å². The molecule has 0 aliphatic rings. The minimum atomic E-state index is -3.76. The first-order valence-corrected chi connectivity index (χ1v) is 7.36. The van der Waals surface area contributed by atoms with Gasteiger partial charge in [-0.3, -0.25) is 0 Å². The van der Waals surface area contributed by atoms with Crippen LogP contribution in [0.5, 0.6) is 0 Å². The van der Waals surface area contributed by atoms with Gasteiger partial charge in [-0.25, -0.2) is 17.5 Å². The zero-order valence-corrected chi connectivity index (χ0v) is 11.8. The molecule has 3 N–H and O–H groups in total. The fourth-order valence-electron chi connectivity index (χ4n) is 1.66. The van der Waals surface area contributed by atoms with Gasteiger partial charge in [0.25, 0.3) is 0 Å². The largest absolute Gasteiger partial charge is 0.384 e. The molecule has 1 aromatic rings. The Hall–Kier alpha value is -1.02. The van der Waals surface area contributed by atoms with E-state index in [1.807, 2.05) is 6.92 Å². The van der Waals surface area contributed by atoms with Crippen molar-refractivity contribution in [2.75, 3.05) is 20.3 Å². The van der Waals surface area contributed by atoms with E-state index in [9.17, 15) is 12.8 Å². The minimum Gasteiger partial charge on any atom is -0.384 e. The normalized spacial score (nSPS) is 13.5. The Bertz CT molecular complexity index is 520. The standard InChI is InChI=1S/C12H19FN2O3S/c1-9(8-18-2)7-15-19(16,17)12-5-3-4-11(13)10(12)6-14/h3-5,9,15H,6-8,14H2,1-2H3. The molecule has 0 radical (unpaired) electrons. The van der Waals surface area contributed by atoms with Gasteiger partial charge in [0, 0.05) is 32.4 Å². The van der Waals surface area contributed by atoms with Crippen LogP contribution < -0.4 is 10.5 Å². The highest BCUT2D eigenvalue weighted by Gasteiger charge is 2.20. The van der Waals surface area contributed by atoms with E-state index in [2.05, 4.69) is 4.72 Å². The molecule has 0 spiro atoms. The number of rotatable bonds is 7. The number of sulfonamides is 1. The second-order valence-corrected chi connectivity index (χ2v) is 6.07. The summed E-state index contributed by atoms with van der Waals surface area (Å²) in [5.74, 6) is -0.593. The lowest BCUT2D eigenvalue weighted by molar-refractivity contribution is 0.161. The molecule has 0 saturated carbocycles. The van der Waals surface area contributed by atoms with E-state index >= 15 is 0 Å². The van der Waals surface area contributed by atoms with Gasteiger partial charge < -0.3 is 10.5 Å². The third-order valence-corrected chi connectivity index (χ3v) is 4.15. The summed E-state index contributed by atoms with van der Waals surface area (Å²) in [5, 5.41) is 0. The third kappa shape index (κ3) is 4.24. The summed E-state index contributed by atoms with van der Waals surface area (Å²) in [5.41, 5.74) is 5.39. The monoisotopic (exact) mass is 290 g/mol. The van der Waals surface area contributed by atoms with Gasteiger partial charge in [-0.05, 0) is 18.1 Å². The van der Waals surface area contributed by atoms with Crippen molar-refractivity contribution in [2.24, 2.45) is 11.7 Å². The summed E-state index contributed by atoms with van der Waals surface area (Å²) < 4.78 is 45.1. The summed E-state index contributed by atoms with van der Waals surface area (Å²) in [7, 11) is -2.22. The van der Waals surface area contributed by atoms with Gasteiger partial charge >= 0.3 is 0 Å². The van der Waals surface area contributed by atoms with Gasteiger partial charge in [-0.15, -0.1) is 0 Å². The van der Waals surface area contributed by atoms with E-state index in [1.54, 1.807) is 7.11 Å². The number of halogens is 1. The van der Waals surface area contributed by atoms with Crippen molar-refractivity contribution in [2.45, 2.75) is 18.4 Å². The second-order valence-electron chi connectivity index (χ2n) is 4.33. The van der Waals surface area contributed by atoms with E-state index in [0.29, 0.717) is 6.61 Å². The van der Waals surface area contributed by atoms with Gasteiger partial charge in [0.15, 0.2) is 0 Å². The first-order chi connectivity index (χ1) is 8.92. The maximum atomic E-state index is 13.5. The molecule has 0 saturated heterocycles. The molecule has 7 heteroatoms. The smallest absolute Gasteiger partial charge is 0.241 e. The van der Waals surface area contributed by atoms with E-state index in [4.69, 9.17) is 10.5 Å². The molecule has 1 rings (SSSR count). The first kappa shape index (κ1) is 16.0. The molecule has 1 unspecified atom stereocenters. The van der Waals surface area contributed by atoms with Crippen LogP contribution >= 0.6 is 0 Å². The second kappa shape index (κ2) is 6.95. The van der Waals surface area contributed by atoms with Crippen molar-refractivity contribution in [3.8, 4) is 0 Å². The van der Waals surface area contributed by atoms with Gasteiger partial charge in [-0.2, -0.15) is 0 Å². The molecule has 0 aliphatic carbocycles. The van der Waals surface area contributed by atoms with Crippen molar-refractivity contribution < 1.29 is 17.5 Å². The maximum Gasteiger partial charge on any atom is 0.241 e. The van der Waals surface area contributed by atoms with Crippen LogP contribution in [-0.4, -0.2) is 28.7 Å². The Kier molecular flexibility index (Phi) is 5.86. The van der Waals surface area contributed by atoms with E-state index in [0.717, 1.165) is 0 Å². The van der Waals surface area contributed by atoms with Gasteiger partial charge in [0.1, 0.15) is 5.82 Å². The molecule has 0 bridgehead atoms. The number of nitrogens with one attached hydrogen (secondary N) is 1. The molecule has 0 heterocycles. The molecular weight excluding hydrogens is 271 g/mol. The fourth-order valence-corrected chi connectivity index (χ4v) is 3.08. The van der Waals surface area contributed by atoms with Gasteiger partial charge in [0.05, 0.1) is 4.90 Å². The topological polar surface area (TPSA) is 81.4 Å². The van der Waals surface area contributed by atoms with Crippen LogP contribution in [0.3, 0.4) is 0 Å². The average Bonchev–Trinajstić information content (AvgIpc) is 2.36. The molecule has 0 fully saturated rings. The number of hydrogen-bond donors (Lipinski definition) is 2. The molecule has 0 aromatic heterocycles. The number of methoxy groups -OCH3 is 1. The molecule has 0 aliphatic heterocycles. The lowest BCUT2D eigenvalue weighted by Crippen LogP contribution is -2.31. The van der Waals surface area contributed by atoms with Crippen molar-refractivity contribution in [1.82, 2.24) is 4.72 Å². The van der Waals surface area contributed by atoms with E-state index < -0.39 is 15.8 Å². The Labute approximate surface area is 113 Å². The van der Waals surface area contributed by atoms with Crippen LogP contribution in [0, 0.1) is 11.7 Å². The summed E-state index contributed by atoms with van der Waals surface area (Å²) in [4.78, 5) is -0.111. The molecule has 108 valence electrons. The van der Waals surface area contributed by atoms with Crippen LogP contribution in [0.15, 0.2) is 23.1 Å². The predicted molar refractivity (Wildman–Crippen MR) is 70.5 cm³/mol. The lowest BCUT2D eigenvalue weighted by atomic mass is 10.2. The third-order valence-electron chi connectivity index (χ3n) is 2.64. The Morgan fingerprint density at radius 3 is 2.74 bits per heavy atom. The van der Waals surface area contributed by atoms with Crippen molar-refractivity contribution >= 4 is 10.0 Å². The van der Waals surface area contributed by atoms with Gasteiger partial charge in [-0.1, -0.05) is 13.0 Å². The Morgan fingerprint density at radius 2 is 2.16 bits per heavy atom. The van der Waals surface area contributed by atoms with E-state index in [1.165, 1.54) is 18.2 Å². The van der Waals surface area contributed by atoms with Crippen LogP contribution in [-0.2, 0) is 21.3 Å². The fraction of sp³-hybridized carbons (Fsp3) is 0.500. The Balaban J connectivity index is 2.92. The molecule has 0 amide bonds.